The second kappa shape index (κ2) is 12.8. The van der Waals surface area contributed by atoms with Crippen molar-refractivity contribution in [2.24, 2.45) is 0 Å². The third-order valence-corrected chi connectivity index (χ3v) is 6.44. The summed E-state index contributed by atoms with van der Waals surface area (Å²) in [5.74, 6) is -0.212. The topological polar surface area (TPSA) is 64.4 Å². The van der Waals surface area contributed by atoms with E-state index >= 15 is 0 Å². The lowest BCUT2D eigenvalue weighted by molar-refractivity contribution is -0.134. The number of aromatic nitrogens is 2. The van der Waals surface area contributed by atoms with Crippen LogP contribution in [0.3, 0.4) is 0 Å². The van der Waals surface area contributed by atoms with Crippen molar-refractivity contribution in [3.05, 3.63) is 69.5 Å². The minimum Gasteiger partial charge on any atom is -0.383 e. The van der Waals surface area contributed by atoms with Crippen LogP contribution in [0.25, 0.3) is 16.6 Å². The van der Waals surface area contributed by atoms with Crippen LogP contribution in [0.1, 0.15) is 64.2 Å². The van der Waals surface area contributed by atoms with E-state index in [0.29, 0.717) is 42.0 Å². The monoisotopic (exact) mass is 501 g/mol. The fraction of sp³-hybridized carbons (Fsp3) is 0.444. The molecule has 1 aromatic heterocycles. The van der Waals surface area contributed by atoms with Crippen LogP contribution in [-0.2, 0) is 9.53 Å². The summed E-state index contributed by atoms with van der Waals surface area (Å²) < 4.78 is 20.6. The van der Waals surface area contributed by atoms with Crippen molar-refractivity contribution in [2.75, 3.05) is 20.3 Å². The molecule has 0 bridgehead atoms. The van der Waals surface area contributed by atoms with Gasteiger partial charge in [0, 0.05) is 20.1 Å². The van der Waals surface area contributed by atoms with Gasteiger partial charge in [-0.1, -0.05) is 56.3 Å². The summed E-state index contributed by atoms with van der Waals surface area (Å²) in [6.45, 7) is 4.72. The Morgan fingerprint density at radius 1 is 1.17 bits per heavy atom. The number of ether oxygens (including phenoxy) is 1. The Balaban J connectivity index is 2.06. The Morgan fingerprint density at radius 2 is 1.91 bits per heavy atom. The van der Waals surface area contributed by atoms with E-state index in [1.165, 1.54) is 22.8 Å². The maximum atomic E-state index is 13.9. The molecule has 1 amide bonds. The molecule has 0 spiro atoms. The molecule has 0 aliphatic rings. The maximum absolute atomic E-state index is 13.9. The second-order valence-corrected chi connectivity index (χ2v) is 9.05. The molecule has 188 valence electrons. The van der Waals surface area contributed by atoms with Crippen molar-refractivity contribution in [3.63, 3.8) is 0 Å². The molecule has 0 N–H and O–H groups in total. The highest BCUT2D eigenvalue weighted by Gasteiger charge is 2.26. The third kappa shape index (κ3) is 6.47. The standard InChI is InChI=1S/C27H33ClFN3O3/c1-4-5-6-7-8-13-25(33)31(16-17-35-3)19(2)26-30-24-12-10-9-11-21(24)27(34)32(26)20-14-15-23(29)22(28)18-20/h9-12,14-15,18-19H,4-8,13,16-17H2,1-3H3. The fourth-order valence-corrected chi connectivity index (χ4v) is 4.37. The van der Waals surface area contributed by atoms with Gasteiger partial charge < -0.3 is 9.64 Å². The van der Waals surface area contributed by atoms with Crippen molar-refractivity contribution >= 4 is 28.4 Å². The first-order valence-electron chi connectivity index (χ1n) is 12.1. The number of amides is 1. The number of fused-ring (bicyclic) bond motifs is 1. The summed E-state index contributed by atoms with van der Waals surface area (Å²) in [4.78, 5) is 33.4. The summed E-state index contributed by atoms with van der Waals surface area (Å²) in [5.41, 5.74) is 0.613. The first-order chi connectivity index (χ1) is 16.9. The Hall–Kier alpha value is -2.77. The molecule has 8 heteroatoms. The molecule has 2 aromatic carbocycles. The van der Waals surface area contributed by atoms with Crippen LogP contribution in [-0.4, -0.2) is 40.6 Å². The van der Waals surface area contributed by atoms with E-state index in [9.17, 15) is 14.0 Å². The van der Waals surface area contributed by atoms with Gasteiger partial charge in [-0.15, -0.1) is 0 Å². The number of para-hydroxylation sites is 1. The SMILES string of the molecule is CCCCCCCC(=O)N(CCOC)C(C)c1nc2ccccc2c(=O)n1-c1ccc(F)c(Cl)c1. The zero-order valence-electron chi connectivity index (χ0n) is 20.6. The lowest BCUT2D eigenvalue weighted by atomic mass is 10.1. The number of nitrogens with zero attached hydrogens (tertiary/aromatic N) is 3. The number of methoxy groups -OCH3 is 1. The molecule has 0 aliphatic heterocycles. The highest BCUT2D eigenvalue weighted by Crippen LogP contribution is 2.26. The Morgan fingerprint density at radius 3 is 2.63 bits per heavy atom. The van der Waals surface area contributed by atoms with Crippen LogP contribution in [0.15, 0.2) is 47.3 Å². The van der Waals surface area contributed by atoms with Crippen LogP contribution < -0.4 is 5.56 Å². The highest BCUT2D eigenvalue weighted by molar-refractivity contribution is 6.30. The Labute approximate surface area is 210 Å². The normalized spacial score (nSPS) is 12.1. The number of carbonyl (C=O) groups is 1. The van der Waals surface area contributed by atoms with E-state index < -0.39 is 11.9 Å². The summed E-state index contributed by atoms with van der Waals surface area (Å²) in [6, 6.07) is 10.6. The van der Waals surface area contributed by atoms with E-state index in [2.05, 4.69) is 6.92 Å². The molecule has 0 saturated heterocycles. The van der Waals surface area contributed by atoms with Crippen molar-refractivity contribution in [2.45, 2.75) is 58.4 Å². The van der Waals surface area contributed by atoms with Gasteiger partial charge in [-0.05, 0) is 43.7 Å². The zero-order chi connectivity index (χ0) is 25.4. The van der Waals surface area contributed by atoms with E-state index in [1.54, 1.807) is 30.2 Å². The van der Waals surface area contributed by atoms with Crippen molar-refractivity contribution in [1.82, 2.24) is 14.5 Å². The molecular weight excluding hydrogens is 469 g/mol. The minimum absolute atomic E-state index is 0.0165. The number of unbranched alkanes of at least 4 members (excludes halogenated alkanes) is 4. The molecule has 1 atom stereocenters. The molecule has 35 heavy (non-hydrogen) atoms. The van der Waals surface area contributed by atoms with E-state index in [4.69, 9.17) is 21.3 Å². The van der Waals surface area contributed by atoms with Crippen molar-refractivity contribution in [1.29, 1.82) is 0 Å². The molecule has 0 aliphatic carbocycles. The van der Waals surface area contributed by atoms with E-state index in [-0.39, 0.29) is 16.5 Å². The number of hydrogen-bond acceptors (Lipinski definition) is 4. The van der Waals surface area contributed by atoms with Gasteiger partial charge in [-0.2, -0.15) is 0 Å². The number of rotatable bonds is 12. The molecule has 0 saturated carbocycles. The second-order valence-electron chi connectivity index (χ2n) is 8.65. The van der Waals surface area contributed by atoms with Gasteiger partial charge in [0.05, 0.1) is 34.3 Å². The molecule has 0 fully saturated rings. The number of hydrogen-bond donors (Lipinski definition) is 0. The summed E-state index contributed by atoms with van der Waals surface area (Å²) in [7, 11) is 1.59. The fourth-order valence-electron chi connectivity index (χ4n) is 4.19. The largest absolute Gasteiger partial charge is 0.383 e. The summed E-state index contributed by atoms with van der Waals surface area (Å²) in [6.07, 6.45) is 5.63. The summed E-state index contributed by atoms with van der Waals surface area (Å²) in [5, 5.41) is 0.329. The first-order valence-corrected chi connectivity index (χ1v) is 12.5. The minimum atomic E-state index is -0.577. The maximum Gasteiger partial charge on any atom is 0.266 e. The number of halogens is 2. The number of benzene rings is 2. The third-order valence-electron chi connectivity index (χ3n) is 6.16. The van der Waals surface area contributed by atoms with Crippen LogP contribution in [0.4, 0.5) is 4.39 Å². The molecule has 6 nitrogen and oxygen atoms in total. The quantitative estimate of drug-likeness (QED) is 0.282. The average molecular weight is 502 g/mol. The Bertz CT molecular complexity index is 1210. The van der Waals surface area contributed by atoms with Gasteiger partial charge in [0.25, 0.3) is 5.56 Å². The van der Waals surface area contributed by atoms with Crippen LogP contribution in [0.2, 0.25) is 5.02 Å². The van der Waals surface area contributed by atoms with Gasteiger partial charge in [0.1, 0.15) is 11.6 Å². The highest BCUT2D eigenvalue weighted by atomic mass is 35.5. The van der Waals surface area contributed by atoms with Crippen LogP contribution in [0.5, 0.6) is 0 Å². The van der Waals surface area contributed by atoms with Crippen molar-refractivity contribution < 1.29 is 13.9 Å². The first kappa shape index (κ1) is 26.8. The zero-order valence-corrected chi connectivity index (χ0v) is 21.4. The van der Waals surface area contributed by atoms with Gasteiger partial charge in [-0.3, -0.25) is 14.2 Å². The molecule has 1 heterocycles. The van der Waals surface area contributed by atoms with Gasteiger partial charge in [0.2, 0.25) is 5.91 Å². The van der Waals surface area contributed by atoms with Crippen molar-refractivity contribution in [3.8, 4) is 5.69 Å². The lowest BCUT2D eigenvalue weighted by Crippen LogP contribution is -2.39. The van der Waals surface area contributed by atoms with Gasteiger partial charge >= 0.3 is 0 Å². The molecule has 3 rings (SSSR count). The number of carbonyl (C=O) groups excluding carboxylic acids is 1. The predicted molar refractivity (Wildman–Crippen MR) is 138 cm³/mol. The Kier molecular flexibility index (Phi) is 9.81. The van der Waals surface area contributed by atoms with Gasteiger partial charge in [0.15, 0.2) is 0 Å². The van der Waals surface area contributed by atoms with E-state index in [1.807, 2.05) is 13.0 Å². The van der Waals surface area contributed by atoms with E-state index in [0.717, 1.165) is 32.1 Å². The summed E-state index contributed by atoms with van der Waals surface area (Å²) >= 11 is 6.05. The van der Waals surface area contributed by atoms with Gasteiger partial charge in [-0.25, -0.2) is 9.37 Å². The van der Waals surface area contributed by atoms with Crippen LogP contribution in [0, 0.1) is 5.82 Å². The predicted octanol–water partition coefficient (Wildman–Crippen LogP) is 6.07. The molecule has 3 aromatic rings. The molecular formula is C27H33ClFN3O3. The smallest absolute Gasteiger partial charge is 0.266 e. The molecule has 0 radical (unpaired) electrons. The lowest BCUT2D eigenvalue weighted by Gasteiger charge is -2.30. The average Bonchev–Trinajstić information content (AvgIpc) is 2.85. The van der Waals surface area contributed by atoms with Crippen LogP contribution >= 0.6 is 11.6 Å². The molecule has 1 unspecified atom stereocenters.